The molecule has 5 nitrogen and oxygen atoms in total. The molecular formula is C20H25N3O2. The number of rotatable bonds is 8. The van der Waals surface area contributed by atoms with Crippen LogP contribution in [0.4, 0.5) is 0 Å². The average molecular weight is 339 g/mol. The van der Waals surface area contributed by atoms with Gasteiger partial charge in [-0.2, -0.15) is 5.26 Å². The average Bonchev–Trinajstić information content (AvgIpc) is 2.96. The lowest BCUT2D eigenvalue weighted by molar-refractivity contribution is -0.116. The highest BCUT2D eigenvalue weighted by Crippen LogP contribution is 2.22. The number of fused-ring (bicyclic) bond motifs is 1. The Hall–Kier alpha value is -2.58. The number of aryl methyl sites for hydroxylation is 1. The Morgan fingerprint density at radius 2 is 2.16 bits per heavy atom. The summed E-state index contributed by atoms with van der Waals surface area (Å²) >= 11 is 0. The Morgan fingerprint density at radius 1 is 1.40 bits per heavy atom. The highest BCUT2D eigenvalue weighted by molar-refractivity contribution is 5.96. The van der Waals surface area contributed by atoms with E-state index in [2.05, 4.69) is 11.4 Å². The Bertz CT molecular complexity index is 784. The second-order valence-corrected chi connectivity index (χ2v) is 6.43. The highest BCUT2D eigenvalue weighted by Gasteiger charge is 2.09. The van der Waals surface area contributed by atoms with E-state index in [1.165, 1.54) is 6.08 Å². The number of nitrogens with zero attached hydrogens (tertiary/aromatic N) is 2. The minimum absolute atomic E-state index is 0.176. The second kappa shape index (κ2) is 9.05. The number of aromatic nitrogens is 1. The maximum Gasteiger partial charge on any atom is 0.244 e. The first-order valence-corrected chi connectivity index (χ1v) is 8.61. The fraction of sp³-hybridized carbons (Fsp3) is 0.400. The molecule has 0 bridgehead atoms. The highest BCUT2D eigenvalue weighted by atomic mass is 16.3. The lowest BCUT2D eigenvalue weighted by atomic mass is 10.0. The lowest BCUT2D eigenvalue weighted by Gasteiger charge is -2.13. The normalized spacial score (nSPS) is 12.6. The van der Waals surface area contributed by atoms with E-state index in [1.54, 1.807) is 6.08 Å². The van der Waals surface area contributed by atoms with E-state index in [0.29, 0.717) is 25.9 Å². The maximum absolute atomic E-state index is 12.0. The van der Waals surface area contributed by atoms with Crippen molar-refractivity contribution in [3.63, 3.8) is 0 Å². The molecule has 0 radical (unpaired) electrons. The van der Waals surface area contributed by atoms with Gasteiger partial charge in [0.25, 0.3) is 0 Å². The number of nitriles is 1. The monoisotopic (exact) mass is 339 g/mol. The zero-order valence-electron chi connectivity index (χ0n) is 14.8. The van der Waals surface area contributed by atoms with Gasteiger partial charge in [-0.3, -0.25) is 4.79 Å². The quantitative estimate of drug-likeness (QED) is 0.726. The van der Waals surface area contributed by atoms with Gasteiger partial charge in [-0.15, -0.1) is 0 Å². The molecule has 2 rings (SSSR count). The van der Waals surface area contributed by atoms with Crippen LogP contribution in [0, 0.1) is 17.2 Å². The molecule has 1 aromatic carbocycles. The fourth-order valence-corrected chi connectivity index (χ4v) is 2.66. The summed E-state index contributed by atoms with van der Waals surface area (Å²) in [5.74, 6) is 0.0109. The minimum atomic E-state index is -0.401. The molecule has 1 heterocycles. The first-order chi connectivity index (χ1) is 12.0. The number of amides is 1. The first-order valence-electron chi connectivity index (χ1n) is 8.61. The molecule has 132 valence electrons. The van der Waals surface area contributed by atoms with E-state index in [0.717, 1.165) is 16.5 Å². The van der Waals surface area contributed by atoms with E-state index < -0.39 is 6.10 Å². The zero-order valence-corrected chi connectivity index (χ0v) is 14.8. The number of hydrogen-bond donors (Lipinski definition) is 2. The van der Waals surface area contributed by atoms with Gasteiger partial charge in [0.05, 0.1) is 18.6 Å². The van der Waals surface area contributed by atoms with Crippen molar-refractivity contribution in [3.05, 3.63) is 42.1 Å². The van der Waals surface area contributed by atoms with Gasteiger partial charge in [-0.25, -0.2) is 0 Å². The summed E-state index contributed by atoms with van der Waals surface area (Å²) in [6.07, 6.45) is 5.86. The lowest BCUT2D eigenvalue weighted by Crippen LogP contribution is -2.27. The number of aliphatic hydroxyl groups is 1. The summed E-state index contributed by atoms with van der Waals surface area (Å²) in [5.41, 5.74) is 2.00. The van der Waals surface area contributed by atoms with Crippen LogP contribution in [0.2, 0.25) is 0 Å². The van der Waals surface area contributed by atoms with E-state index in [4.69, 9.17) is 5.26 Å². The van der Waals surface area contributed by atoms with Crippen LogP contribution in [0.3, 0.4) is 0 Å². The first kappa shape index (κ1) is 18.8. The summed E-state index contributed by atoms with van der Waals surface area (Å²) in [5, 5.41) is 22.4. The van der Waals surface area contributed by atoms with Gasteiger partial charge >= 0.3 is 0 Å². The number of carbonyl (C=O) groups is 1. The number of hydrogen-bond acceptors (Lipinski definition) is 3. The third kappa shape index (κ3) is 5.20. The molecule has 0 aliphatic rings. The van der Waals surface area contributed by atoms with Crippen molar-refractivity contribution in [2.24, 2.45) is 5.92 Å². The summed E-state index contributed by atoms with van der Waals surface area (Å²) < 4.78 is 2.04. The van der Waals surface area contributed by atoms with E-state index in [1.807, 2.05) is 48.9 Å². The molecule has 2 N–H and O–H groups in total. The fourth-order valence-electron chi connectivity index (χ4n) is 2.66. The van der Waals surface area contributed by atoms with Crippen LogP contribution in [0.1, 0.15) is 32.3 Å². The summed E-state index contributed by atoms with van der Waals surface area (Å²) in [6, 6.07) is 10.1. The Morgan fingerprint density at radius 3 is 2.88 bits per heavy atom. The number of benzene rings is 1. The summed E-state index contributed by atoms with van der Waals surface area (Å²) in [7, 11) is 0. The predicted octanol–water partition coefficient (Wildman–Crippen LogP) is 3.09. The third-order valence-corrected chi connectivity index (χ3v) is 4.21. The summed E-state index contributed by atoms with van der Waals surface area (Å²) in [4.78, 5) is 12.0. The van der Waals surface area contributed by atoms with Crippen molar-refractivity contribution < 1.29 is 9.90 Å². The smallest absolute Gasteiger partial charge is 0.244 e. The van der Waals surface area contributed by atoms with Gasteiger partial charge in [-0.1, -0.05) is 32.0 Å². The molecule has 0 saturated heterocycles. The molecule has 1 aromatic heterocycles. The zero-order chi connectivity index (χ0) is 18.2. The molecule has 1 amide bonds. The Kier molecular flexibility index (Phi) is 6.79. The molecule has 0 aliphatic heterocycles. The molecule has 25 heavy (non-hydrogen) atoms. The minimum Gasteiger partial charge on any atom is -0.393 e. The van der Waals surface area contributed by atoms with Crippen LogP contribution in [0.5, 0.6) is 0 Å². The topological polar surface area (TPSA) is 78.0 Å². The summed E-state index contributed by atoms with van der Waals surface area (Å²) in [6.45, 7) is 4.99. The van der Waals surface area contributed by atoms with Gasteiger partial charge in [-0.05, 0) is 24.5 Å². The van der Waals surface area contributed by atoms with Gasteiger partial charge < -0.3 is 15.0 Å². The molecule has 0 fully saturated rings. The van der Waals surface area contributed by atoms with Crippen molar-refractivity contribution >= 4 is 22.9 Å². The second-order valence-electron chi connectivity index (χ2n) is 6.43. The van der Waals surface area contributed by atoms with Crippen molar-refractivity contribution in [2.75, 3.05) is 6.54 Å². The standard InChI is InChI=1S/C20H25N3O2/c1-15(2)19(24)10-12-22-20(25)9-8-16-14-23(13-5-11-21)18-7-4-3-6-17(16)18/h3-4,6-9,14-15,19,24H,5,10,12-13H2,1-2H3,(H,22,25). The molecule has 2 aromatic rings. The largest absolute Gasteiger partial charge is 0.393 e. The van der Waals surface area contributed by atoms with Crippen molar-refractivity contribution in [3.8, 4) is 6.07 Å². The van der Waals surface area contributed by atoms with Gasteiger partial charge in [0, 0.05) is 41.8 Å². The SMILES string of the molecule is CC(C)C(O)CCNC(=O)C=Cc1cn(CCC#N)c2ccccc12. The van der Waals surface area contributed by atoms with Crippen LogP contribution in [-0.2, 0) is 11.3 Å². The van der Waals surface area contributed by atoms with E-state index >= 15 is 0 Å². The molecule has 1 atom stereocenters. The van der Waals surface area contributed by atoms with Crippen LogP contribution >= 0.6 is 0 Å². The van der Waals surface area contributed by atoms with E-state index in [-0.39, 0.29) is 11.8 Å². The number of nitrogens with one attached hydrogen (secondary N) is 1. The predicted molar refractivity (Wildman–Crippen MR) is 99.7 cm³/mol. The molecule has 0 saturated carbocycles. The molecule has 0 aliphatic carbocycles. The van der Waals surface area contributed by atoms with Crippen LogP contribution in [0.15, 0.2) is 36.5 Å². The molecule has 0 spiro atoms. The Balaban J connectivity index is 2.03. The molecular weight excluding hydrogens is 314 g/mol. The van der Waals surface area contributed by atoms with Crippen molar-refractivity contribution in [1.29, 1.82) is 5.26 Å². The number of carbonyl (C=O) groups excluding carboxylic acids is 1. The van der Waals surface area contributed by atoms with Gasteiger partial charge in [0.2, 0.25) is 5.91 Å². The van der Waals surface area contributed by atoms with Crippen LogP contribution in [-0.4, -0.2) is 28.2 Å². The number of aliphatic hydroxyl groups excluding tert-OH is 1. The number of para-hydroxylation sites is 1. The van der Waals surface area contributed by atoms with Crippen LogP contribution in [0.25, 0.3) is 17.0 Å². The maximum atomic E-state index is 12.0. The van der Waals surface area contributed by atoms with E-state index in [9.17, 15) is 9.90 Å². The Labute approximate surface area is 148 Å². The van der Waals surface area contributed by atoms with Gasteiger partial charge in [0.1, 0.15) is 0 Å². The van der Waals surface area contributed by atoms with Crippen LogP contribution < -0.4 is 5.32 Å². The van der Waals surface area contributed by atoms with Gasteiger partial charge in [0.15, 0.2) is 0 Å². The molecule has 5 heteroatoms. The van der Waals surface area contributed by atoms with Crippen molar-refractivity contribution in [2.45, 2.75) is 39.3 Å². The third-order valence-electron chi connectivity index (χ3n) is 4.21. The molecule has 1 unspecified atom stereocenters. The van der Waals surface area contributed by atoms with Crippen molar-refractivity contribution in [1.82, 2.24) is 9.88 Å².